The van der Waals surface area contributed by atoms with Crippen molar-refractivity contribution in [2.24, 2.45) is 0 Å². The fraction of sp³-hybridized carbons (Fsp3) is 0.533. The number of amides is 2. The van der Waals surface area contributed by atoms with E-state index in [1.165, 1.54) is 0 Å². The topological polar surface area (TPSA) is 68.0 Å². The molecule has 7 heteroatoms. The summed E-state index contributed by atoms with van der Waals surface area (Å²) in [5.74, 6) is 0.797. The van der Waals surface area contributed by atoms with Gasteiger partial charge in [-0.2, -0.15) is 10.2 Å². The molecule has 22 heavy (non-hydrogen) atoms. The smallest absolute Gasteiger partial charge is 0.322 e. The zero-order chi connectivity index (χ0) is 15.1. The number of carbonyl (C=O) groups is 1. The second kappa shape index (κ2) is 5.15. The van der Waals surface area contributed by atoms with Gasteiger partial charge in [0.15, 0.2) is 0 Å². The predicted molar refractivity (Wildman–Crippen MR) is 81.7 cm³/mol. The van der Waals surface area contributed by atoms with Crippen LogP contribution in [0.15, 0.2) is 24.7 Å². The second-order valence-electron chi connectivity index (χ2n) is 6.21. The molecular formula is C15H20N6O. The van der Waals surface area contributed by atoms with Gasteiger partial charge < -0.3 is 4.90 Å². The summed E-state index contributed by atoms with van der Waals surface area (Å²) < 4.78 is 3.89. The number of nitrogens with zero attached hydrogens (tertiary/aromatic N) is 5. The fourth-order valence-electron chi connectivity index (χ4n) is 2.99. The van der Waals surface area contributed by atoms with Gasteiger partial charge in [0, 0.05) is 25.4 Å². The van der Waals surface area contributed by atoms with Crippen LogP contribution in [-0.4, -0.2) is 43.6 Å². The predicted octanol–water partition coefficient (Wildman–Crippen LogP) is 2.20. The molecule has 0 radical (unpaired) electrons. The highest BCUT2D eigenvalue weighted by Gasteiger charge is 2.30. The number of likely N-dealkylation sites (tertiary alicyclic amines) is 1. The minimum absolute atomic E-state index is 0.0474. The molecule has 0 spiro atoms. The number of rotatable bonds is 3. The summed E-state index contributed by atoms with van der Waals surface area (Å²) in [6.45, 7) is 3.49. The van der Waals surface area contributed by atoms with Crippen LogP contribution < -0.4 is 5.32 Å². The normalized spacial score (nSPS) is 21.3. The van der Waals surface area contributed by atoms with E-state index in [9.17, 15) is 4.79 Å². The number of hydrogen-bond acceptors (Lipinski definition) is 3. The standard InChI is InChI=1S/C15H20N6O/c1-11-8-17-20(9-11)13-5-7-19(10-13)15(22)18-14-4-6-16-21(14)12-2-3-12/h4,6,8-9,12-13H,2-3,5,7,10H2,1H3,(H,18,22). The Hall–Kier alpha value is -2.31. The molecule has 1 N–H and O–H groups in total. The average Bonchev–Trinajstić information content (AvgIpc) is 2.94. The highest BCUT2D eigenvalue weighted by molar-refractivity contribution is 5.88. The third-order valence-corrected chi connectivity index (χ3v) is 4.35. The minimum atomic E-state index is -0.0474. The van der Waals surface area contributed by atoms with Gasteiger partial charge in [-0.15, -0.1) is 0 Å². The molecule has 2 aromatic heterocycles. The molecule has 0 aromatic carbocycles. The van der Waals surface area contributed by atoms with E-state index in [1.54, 1.807) is 6.20 Å². The summed E-state index contributed by atoms with van der Waals surface area (Å²) in [5, 5.41) is 11.6. The van der Waals surface area contributed by atoms with Crippen molar-refractivity contribution in [1.29, 1.82) is 0 Å². The largest absolute Gasteiger partial charge is 0.323 e. The van der Waals surface area contributed by atoms with Crippen molar-refractivity contribution >= 4 is 11.8 Å². The third kappa shape index (κ3) is 2.47. The zero-order valence-corrected chi connectivity index (χ0v) is 12.6. The van der Waals surface area contributed by atoms with Gasteiger partial charge in [-0.3, -0.25) is 10.00 Å². The lowest BCUT2D eigenvalue weighted by atomic mass is 10.3. The zero-order valence-electron chi connectivity index (χ0n) is 12.6. The molecule has 1 atom stereocenters. The average molecular weight is 300 g/mol. The monoisotopic (exact) mass is 300 g/mol. The molecule has 7 nitrogen and oxygen atoms in total. The van der Waals surface area contributed by atoms with Crippen molar-refractivity contribution < 1.29 is 4.79 Å². The Bertz CT molecular complexity index is 686. The number of anilines is 1. The van der Waals surface area contributed by atoms with E-state index < -0.39 is 0 Å². The SMILES string of the molecule is Cc1cnn(C2CCN(C(=O)Nc3ccnn3C3CC3)C2)c1. The molecule has 1 aliphatic heterocycles. The summed E-state index contributed by atoms with van der Waals surface area (Å²) in [4.78, 5) is 14.3. The Morgan fingerprint density at radius 1 is 1.27 bits per heavy atom. The first-order valence-electron chi connectivity index (χ1n) is 7.81. The van der Waals surface area contributed by atoms with Crippen LogP contribution in [0.25, 0.3) is 0 Å². The van der Waals surface area contributed by atoms with Crippen molar-refractivity contribution in [3.05, 3.63) is 30.2 Å². The maximum atomic E-state index is 12.4. The van der Waals surface area contributed by atoms with E-state index in [0.29, 0.717) is 12.6 Å². The molecule has 116 valence electrons. The van der Waals surface area contributed by atoms with Crippen LogP contribution in [0.5, 0.6) is 0 Å². The Morgan fingerprint density at radius 3 is 2.86 bits per heavy atom. The third-order valence-electron chi connectivity index (χ3n) is 4.35. The van der Waals surface area contributed by atoms with Crippen LogP contribution in [0.3, 0.4) is 0 Å². The maximum Gasteiger partial charge on any atom is 0.323 e. The second-order valence-corrected chi connectivity index (χ2v) is 6.21. The molecule has 2 amide bonds. The molecular weight excluding hydrogens is 280 g/mol. The molecule has 4 rings (SSSR count). The van der Waals surface area contributed by atoms with Crippen LogP contribution >= 0.6 is 0 Å². The van der Waals surface area contributed by atoms with Crippen LogP contribution in [0.4, 0.5) is 10.6 Å². The van der Waals surface area contributed by atoms with E-state index in [2.05, 4.69) is 15.5 Å². The van der Waals surface area contributed by atoms with Crippen LogP contribution in [-0.2, 0) is 0 Å². The molecule has 1 saturated carbocycles. The lowest BCUT2D eigenvalue weighted by molar-refractivity contribution is 0.220. The van der Waals surface area contributed by atoms with Crippen molar-refractivity contribution in [2.45, 2.75) is 38.3 Å². The first kappa shape index (κ1) is 13.4. The van der Waals surface area contributed by atoms with Gasteiger partial charge in [0.05, 0.1) is 24.5 Å². The summed E-state index contributed by atoms with van der Waals surface area (Å²) >= 11 is 0. The fourth-order valence-corrected chi connectivity index (χ4v) is 2.99. The van der Waals surface area contributed by atoms with Gasteiger partial charge in [-0.25, -0.2) is 9.48 Å². The van der Waals surface area contributed by atoms with Crippen molar-refractivity contribution in [1.82, 2.24) is 24.5 Å². The molecule has 1 unspecified atom stereocenters. The molecule has 3 heterocycles. The van der Waals surface area contributed by atoms with Gasteiger partial charge >= 0.3 is 6.03 Å². The van der Waals surface area contributed by atoms with E-state index in [0.717, 1.165) is 37.2 Å². The maximum absolute atomic E-state index is 12.4. The van der Waals surface area contributed by atoms with Crippen LogP contribution in [0, 0.1) is 6.92 Å². The van der Waals surface area contributed by atoms with Crippen molar-refractivity contribution in [3.8, 4) is 0 Å². The van der Waals surface area contributed by atoms with Crippen LogP contribution in [0.1, 0.15) is 36.9 Å². The molecule has 2 aliphatic rings. The summed E-state index contributed by atoms with van der Waals surface area (Å²) in [6, 6.07) is 2.55. The number of aryl methyl sites for hydroxylation is 1. The Morgan fingerprint density at radius 2 is 2.14 bits per heavy atom. The number of aromatic nitrogens is 4. The summed E-state index contributed by atoms with van der Waals surface area (Å²) in [7, 11) is 0. The Balaban J connectivity index is 1.40. The Kier molecular flexibility index (Phi) is 3.13. The number of nitrogens with one attached hydrogen (secondary N) is 1. The van der Waals surface area contributed by atoms with E-state index >= 15 is 0 Å². The van der Waals surface area contributed by atoms with Gasteiger partial charge in [0.2, 0.25) is 0 Å². The van der Waals surface area contributed by atoms with Gasteiger partial charge in [-0.1, -0.05) is 0 Å². The van der Waals surface area contributed by atoms with E-state index in [-0.39, 0.29) is 12.1 Å². The highest BCUT2D eigenvalue weighted by atomic mass is 16.2. The number of hydrogen-bond donors (Lipinski definition) is 1. The lowest BCUT2D eigenvalue weighted by Gasteiger charge is -2.18. The van der Waals surface area contributed by atoms with Crippen molar-refractivity contribution in [2.75, 3.05) is 18.4 Å². The summed E-state index contributed by atoms with van der Waals surface area (Å²) in [6.07, 6.45) is 8.87. The number of carbonyl (C=O) groups excluding carboxylic acids is 1. The molecule has 1 saturated heterocycles. The van der Waals surface area contributed by atoms with Gasteiger partial charge in [0.1, 0.15) is 5.82 Å². The molecule has 0 bridgehead atoms. The van der Waals surface area contributed by atoms with Gasteiger partial charge in [-0.05, 0) is 31.7 Å². The molecule has 2 aromatic rings. The van der Waals surface area contributed by atoms with E-state index in [4.69, 9.17) is 0 Å². The highest BCUT2D eigenvalue weighted by Crippen LogP contribution is 2.36. The Labute approximate surface area is 128 Å². The minimum Gasteiger partial charge on any atom is -0.322 e. The van der Waals surface area contributed by atoms with Gasteiger partial charge in [0.25, 0.3) is 0 Å². The molecule has 2 fully saturated rings. The van der Waals surface area contributed by atoms with Crippen molar-refractivity contribution in [3.63, 3.8) is 0 Å². The van der Waals surface area contributed by atoms with E-state index in [1.807, 2.05) is 39.6 Å². The first-order valence-corrected chi connectivity index (χ1v) is 7.81. The lowest BCUT2D eigenvalue weighted by Crippen LogP contribution is -2.34. The summed E-state index contributed by atoms with van der Waals surface area (Å²) in [5.41, 5.74) is 1.15. The van der Waals surface area contributed by atoms with Crippen LogP contribution in [0.2, 0.25) is 0 Å². The quantitative estimate of drug-likeness (QED) is 0.945. The molecule has 1 aliphatic carbocycles. The first-order chi connectivity index (χ1) is 10.7. The number of urea groups is 1.